The maximum absolute atomic E-state index is 12.5. The lowest BCUT2D eigenvalue weighted by molar-refractivity contribution is -0.130. The van der Waals surface area contributed by atoms with Gasteiger partial charge in [0.25, 0.3) is 0 Å². The monoisotopic (exact) mass is 349 g/mol. The largest absolute Gasteiger partial charge is 0.342 e. The van der Waals surface area contributed by atoms with Gasteiger partial charge < -0.3 is 9.42 Å². The van der Waals surface area contributed by atoms with E-state index in [4.69, 9.17) is 4.52 Å². The van der Waals surface area contributed by atoms with Crippen molar-refractivity contribution in [2.45, 2.75) is 69.0 Å². The smallest absolute Gasteiger partial charge is 0.232 e. The van der Waals surface area contributed by atoms with Crippen LogP contribution in [0.2, 0.25) is 0 Å². The Labute approximate surface area is 147 Å². The SMILES string of the molecule is O=C(CSC1CCCC1)N1CCC[C@H](Cc2nc(C3CC3)no2)C1. The molecule has 2 heterocycles. The van der Waals surface area contributed by atoms with Gasteiger partial charge in [-0.05, 0) is 44.4 Å². The first-order valence-electron chi connectivity index (χ1n) is 9.50. The van der Waals surface area contributed by atoms with Crippen LogP contribution in [-0.4, -0.2) is 45.0 Å². The molecule has 0 unspecified atom stereocenters. The number of carbonyl (C=O) groups is 1. The van der Waals surface area contributed by atoms with E-state index in [9.17, 15) is 4.79 Å². The third-order valence-corrected chi connectivity index (χ3v) is 6.86. The number of rotatable bonds is 6. The van der Waals surface area contributed by atoms with Crippen LogP contribution in [0.4, 0.5) is 0 Å². The summed E-state index contributed by atoms with van der Waals surface area (Å²) >= 11 is 1.87. The van der Waals surface area contributed by atoms with Crippen LogP contribution in [0.3, 0.4) is 0 Å². The summed E-state index contributed by atoms with van der Waals surface area (Å²) < 4.78 is 5.41. The number of carbonyl (C=O) groups excluding carboxylic acids is 1. The molecule has 2 saturated carbocycles. The van der Waals surface area contributed by atoms with Gasteiger partial charge in [-0.2, -0.15) is 4.98 Å². The quantitative estimate of drug-likeness (QED) is 0.788. The Balaban J connectivity index is 1.25. The predicted octanol–water partition coefficient (Wildman–Crippen LogP) is 3.40. The highest BCUT2D eigenvalue weighted by molar-refractivity contribution is 8.00. The van der Waals surface area contributed by atoms with Gasteiger partial charge >= 0.3 is 0 Å². The summed E-state index contributed by atoms with van der Waals surface area (Å²) in [6.07, 6.45) is 10.7. The molecule has 3 fully saturated rings. The average molecular weight is 350 g/mol. The summed E-state index contributed by atoms with van der Waals surface area (Å²) in [7, 11) is 0. The first-order valence-corrected chi connectivity index (χ1v) is 10.5. The second kappa shape index (κ2) is 7.46. The van der Waals surface area contributed by atoms with Crippen molar-refractivity contribution < 1.29 is 9.32 Å². The summed E-state index contributed by atoms with van der Waals surface area (Å²) in [5, 5.41) is 4.82. The van der Waals surface area contributed by atoms with Crippen molar-refractivity contribution in [1.82, 2.24) is 15.0 Å². The van der Waals surface area contributed by atoms with E-state index < -0.39 is 0 Å². The minimum Gasteiger partial charge on any atom is -0.342 e. The Bertz CT molecular complexity index is 566. The van der Waals surface area contributed by atoms with Gasteiger partial charge in [-0.1, -0.05) is 18.0 Å². The van der Waals surface area contributed by atoms with Crippen molar-refractivity contribution >= 4 is 17.7 Å². The number of amides is 1. The van der Waals surface area contributed by atoms with E-state index in [1.807, 2.05) is 11.8 Å². The van der Waals surface area contributed by atoms with Crippen molar-refractivity contribution in [3.63, 3.8) is 0 Å². The van der Waals surface area contributed by atoms with Crippen molar-refractivity contribution in [2.75, 3.05) is 18.8 Å². The first-order chi connectivity index (χ1) is 11.8. The molecule has 1 aliphatic heterocycles. The summed E-state index contributed by atoms with van der Waals surface area (Å²) in [5.74, 6) is 3.63. The van der Waals surface area contributed by atoms with Crippen molar-refractivity contribution in [3.05, 3.63) is 11.7 Å². The van der Waals surface area contributed by atoms with Crippen LogP contribution in [0.1, 0.15) is 69.0 Å². The third-order valence-electron chi connectivity index (χ3n) is 5.51. The van der Waals surface area contributed by atoms with Gasteiger partial charge in [0.1, 0.15) is 0 Å². The fourth-order valence-electron chi connectivity index (χ4n) is 3.90. The molecule has 1 amide bonds. The lowest BCUT2D eigenvalue weighted by Gasteiger charge is -2.32. The minimum absolute atomic E-state index is 0.320. The van der Waals surface area contributed by atoms with Crippen LogP contribution in [0, 0.1) is 5.92 Å². The summed E-state index contributed by atoms with van der Waals surface area (Å²) in [6.45, 7) is 1.77. The Hall–Kier alpha value is -1.04. The fourth-order valence-corrected chi connectivity index (χ4v) is 5.13. The zero-order valence-corrected chi connectivity index (χ0v) is 15.1. The van der Waals surface area contributed by atoms with Crippen LogP contribution in [0.5, 0.6) is 0 Å². The molecule has 1 aromatic heterocycles. The Morgan fingerprint density at radius 3 is 2.79 bits per heavy atom. The van der Waals surface area contributed by atoms with Gasteiger partial charge in [0.15, 0.2) is 5.82 Å². The number of aromatic nitrogens is 2. The number of piperidine rings is 1. The van der Waals surface area contributed by atoms with Crippen molar-refractivity contribution in [1.29, 1.82) is 0 Å². The lowest BCUT2D eigenvalue weighted by Crippen LogP contribution is -2.41. The zero-order valence-electron chi connectivity index (χ0n) is 14.3. The molecule has 0 spiro atoms. The van der Waals surface area contributed by atoms with Crippen LogP contribution < -0.4 is 0 Å². The maximum atomic E-state index is 12.5. The molecule has 132 valence electrons. The highest BCUT2D eigenvalue weighted by atomic mass is 32.2. The number of nitrogens with zero attached hydrogens (tertiary/aromatic N) is 3. The molecule has 3 aliphatic rings. The Morgan fingerprint density at radius 2 is 2.00 bits per heavy atom. The van der Waals surface area contributed by atoms with Gasteiger partial charge in [0, 0.05) is 30.7 Å². The molecule has 1 atom stereocenters. The highest BCUT2D eigenvalue weighted by Gasteiger charge is 2.30. The van der Waals surface area contributed by atoms with Gasteiger partial charge in [0.05, 0.1) is 5.75 Å². The van der Waals surface area contributed by atoms with E-state index in [0.29, 0.717) is 28.7 Å². The molecule has 1 saturated heterocycles. The molecule has 6 heteroatoms. The van der Waals surface area contributed by atoms with Crippen molar-refractivity contribution in [3.8, 4) is 0 Å². The molecule has 1 aromatic rings. The molecule has 0 radical (unpaired) electrons. The number of hydrogen-bond acceptors (Lipinski definition) is 5. The number of likely N-dealkylation sites (tertiary alicyclic amines) is 1. The predicted molar refractivity (Wildman–Crippen MR) is 94.0 cm³/mol. The molecular weight excluding hydrogens is 322 g/mol. The van der Waals surface area contributed by atoms with Crippen molar-refractivity contribution in [2.24, 2.45) is 5.92 Å². The third kappa shape index (κ3) is 4.13. The molecule has 4 rings (SSSR count). The van der Waals surface area contributed by atoms with Gasteiger partial charge in [-0.25, -0.2) is 0 Å². The molecule has 0 aromatic carbocycles. The second-order valence-corrected chi connectivity index (χ2v) is 8.88. The van der Waals surface area contributed by atoms with Crippen LogP contribution in [0.15, 0.2) is 4.52 Å². The number of hydrogen-bond donors (Lipinski definition) is 0. The standard InChI is InChI=1S/C18H27N3O2S/c22-17(12-24-15-5-1-2-6-15)21-9-3-4-13(11-21)10-16-19-18(20-23-16)14-7-8-14/h13-15H,1-12H2/t13-/m1/s1. The average Bonchev–Trinajstić information content (AvgIpc) is 3.12. The zero-order chi connectivity index (χ0) is 16.4. The topological polar surface area (TPSA) is 59.2 Å². The summed E-state index contributed by atoms with van der Waals surface area (Å²) in [5.41, 5.74) is 0. The van der Waals surface area contributed by atoms with Gasteiger partial charge in [0.2, 0.25) is 11.8 Å². The molecule has 5 nitrogen and oxygen atoms in total. The van der Waals surface area contributed by atoms with E-state index in [1.165, 1.54) is 38.5 Å². The number of thioether (sulfide) groups is 1. The minimum atomic E-state index is 0.320. The summed E-state index contributed by atoms with van der Waals surface area (Å²) in [4.78, 5) is 19.1. The summed E-state index contributed by atoms with van der Waals surface area (Å²) in [6, 6.07) is 0. The first kappa shape index (κ1) is 16.4. The Kier molecular flexibility index (Phi) is 5.11. The Morgan fingerprint density at radius 1 is 1.17 bits per heavy atom. The van der Waals surface area contributed by atoms with Crippen LogP contribution >= 0.6 is 11.8 Å². The van der Waals surface area contributed by atoms with E-state index in [2.05, 4.69) is 15.0 Å². The van der Waals surface area contributed by atoms with Gasteiger partial charge in [-0.15, -0.1) is 11.8 Å². The van der Waals surface area contributed by atoms with Gasteiger partial charge in [-0.3, -0.25) is 4.79 Å². The van der Waals surface area contributed by atoms with E-state index >= 15 is 0 Å². The molecule has 2 aliphatic carbocycles. The second-order valence-electron chi connectivity index (χ2n) is 7.59. The van der Waals surface area contributed by atoms with E-state index in [1.54, 1.807) is 0 Å². The van der Waals surface area contributed by atoms with Crippen LogP contribution in [-0.2, 0) is 11.2 Å². The lowest BCUT2D eigenvalue weighted by atomic mass is 9.95. The highest BCUT2D eigenvalue weighted by Crippen LogP contribution is 2.38. The fraction of sp³-hybridized carbons (Fsp3) is 0.833. The normalized spacial score (nSPS) is 25.3. The molecule has 0 bridgehead atoms. The van der Waals surface area contributed by atoms with E-state index in [-0.39, 0.29) is 0 Å². The maximum Gasteiger partial charge on any atom is 0.232 e. The van der Waals surface area contributed by atoms with E-state index in [0.717, 1.165) is 44.1 Å². The molecule has 24 heavy (non-hydrogen) atoms. The molecular formula is C18H27N3O2S. The van der Waals surface area contributed by atoms with Crippen LogP contribution in [0.25, 0.3) is 0 Å². The molecule has 0 N–H and O–H groups in total.